The summed E-state index contributed by atoms with van der Waals surface area (Å²) in [7, 11) is 0. The van der Waals surface area contributed by atoms with E-state index in [1.165, 1.54) is 140 Å². The molecule has 0 heterocycles. The molecule has 1 fully saturated rings. The summed E-state index contributed by atoms with van der Waals surface area (Å²) in [5.74, 6) is 3.10. The van der Waals surface area contributed by atoms with Crippen molar-refractivity contribution in [1.82, 2.24) is 0 Å². The van der Waals surface area contributed by atoms with Gasteiger partial charge in [-0.15, -0.1) is 26.3 Å². The average Bonchev–Trinajstić information content (AvgIpc) is 3.07. The zero-order chi connectivity index (χ0) is 36.6. The van der Waals surface area contributed by atoms with Gasteiger partial charge in [0.25, 0.3) is 0 Å². The molecule has 1 rings (SSSR count). The van der Waals surface area contributed by atoms with E-state index in [2.05, 4.69) is 113 Å². The van der Waals surface area contributed by atoms with Crippen LogP contribution in [0.15, 0.2) is 73.4 Å². The first-order valence-corrected chi connectivity index (χ1v) is 20.8. The third-order valence-corrected chi connectivity index (χ3v) is 10.5. The lowest BCUT2D eigenvalue weighted by Gasteiger charge is -2.31. The molecule has 0 aromatic heterocycles. The first-order chi connectivity index (χ1) is 23.0. The summed E-state index contributed by atoms with van der Waals surface area (Å²) in [6, 6.07) is 0. The van der Waals surface area contributed by atoms with Crippen LogP contribution in [0.1, 0.15) is 204 Å². The molecular formula is C48H88. The highest BCUT2D eigenvalue weighted by atomic mass is 14.3. The summed E-state index contributed by atoms with van der Waals surface area (Å²) < 4.78 is 0. The van der Waals surface area contributed by atoms with Crippen LogP contribution in [0.5, 0.6) is 0 Å². The van der Waals surface area contributed by atoms with Crippen molar-refractivity contribution in [2.45, 2.75) is 204 Å². The molecule has 0 bridgehead atoms. The van der Waals surface area contributed by atoms with E-state index < -0.39 is 0 Å². The van der Waals surface area contributed by atoms with Crippen LogP contribution in [0.2, 0.25) is 0 Å². The standard InChI is InChI=1S/C35H62.C8H16.C5H10/c1-10-17-30(22-21-28(5)6)26-34(27-32(12-3)33-19-15-14-16-20-33)29(7)25-31(18-11-2)23-24-35(8,9)13-4;1-3-5-7-8-6-4-2;1-3-5-4-2/h12-13,30-33H,3-5,10-11,14-27H2,1-2,6-9H3;5,7H,3-4,6,8H2,1-2H3;3H,1,4-5H2,2H3. The first-order valence-electron chi connectivity index (χ1n) is 20.8. The van der Waals surface area contributed by atoms with Crippen molar-refractivity contribution in [3.05, 3.63) is 73.4 Å². The molecular weight excluding hydrogens is 577 g/mol. The second-order valence-electron chi connectivity index (χ2n) is 15.9. The molecule has 0 spiro atoms. The lowest BCUT2D eigenvalue weighted by atomic mass is 9.74. The van der Waals surface area contributed by atoms with Crippen LogP contribution in [0.25, 0.3) is 0 Å². The normalized spacial score (nSPS) is 16.0. The minimum atomic E-state index is 0.246. The summed E-state index contributed by atoms with van der Waals surface area (Å²) in [4.78, 5) is 0. The van der Waals surface area contributed by atoms with E-state index in [4.69, 9.17) is 0 Å². The predicted octanol–water partition coefficient (Wildman–Crippen LogP) is 17.2. The molecule has 0 aromatic rings. The van der Waals surface area contributed by atoms with Crippen LogP contribution < -0.4 is 0 Å². The summed E-state index contributed by atoms with van der Waals surface area (Å²) in [5.41, 5.74) is 5.08. The Labute approximate surface area is 305 Å². The fourth-order valence-corrected chi connectivity index (χ4v) is 7.10. The molecule has 0 heteroatoms. The van der Waals surface area contributed by atoms with Crippen molar-refractivity contribution in [2.24, 2.45) is 29.1 Å². The van der Waals surface area contributed by atoms with E-state index in [1.54, 1.807) is 11.1 Å². The van der Waals surface area contributed by atoms with Crippen LogP contribution in [0, 0.1) is 29.1 Å². The number of hydrogen-bond acceptors (Lipinski definition) is 0. The Morgan fingerprint density at radius 1 is 0.729 bits per heavy atom. The van der Waals surface area contributed by atoms with Gasteiger partial charge in [0.2, 0.25) is 0 Å². The highest BCUT2D eigenvalue weighted by molar-refractivity contribution is 5.16. The topological polar surface area (TPSA) is 0 Å². The number of allylic oxidation sites excluding steroid dienone is 8. The van der Waals surface area contributed by atoms with Crippen molar-refractivity contribution < 1.29 is 0 Å². The van der Waals surface area contributed by atoms with Crippen LogP contribution in [0.3, 0.4) is 0 Å². The van der Waals surface area contributed by atoms with Crippen LogP contribution >= 0.6 is 0 Å². The van der Waals surface area contributed by atoms with Gasteiger partial charge in [-0.3, -0.25) is 0 Å². The van der Waals surface area contributed by atoms with Gasteiger partial charge in [0.05, 0.1) is 0 Å². The Bertz CT molecular complexity index is 841. The quantitative estimate of drug-likeness (QED) is 0.0673. The average molecular weight is 665 g/mol. The molecule has 48 heavy (non-hydrogen) atoms. The fraction of sp³-hybridized carbons (Fsp3) is 0.750. The molecule has 280 valence electrons. The summed E-state index contributed by atoms with van der Waals surface area (Å²) >= 11 is 0. The molecule has 0 aromatic carbocycles. The fourth-order valence-electron chi connectivity index (χ4n) is 7.10. The molecule has 1 saturated carbocycles. The van der Waals surface area contributed by atoms with E-state index in [1.807, 2.05) is 6.08 Å². The zero-order valence-corrected chi connectivity index (χ0v) is 34.6. The van der Waals surface area contributed by atoms with Gasteiger partial charge in [0, 0.05) is 0 Å². The Morgan fingerprint density at radius 2 is 1.35 bits per heavy atom. The van der Waals surface area contributed by atoms with E-state index in [-0.39, 0.29) is 5.41 Å². The lowest BCUT2D eigenvalue weighted by molar-refractivity contribution is 0.280. The monoisotopic (exact) mass is 665 g/mol. The molecule has 0 aliphatic heterocycles. The SMILES string of the molecule is C=CC(CC(CC(CCC)CCC(=C)C)=C(C)CC(CCC)CCC(C)(C)C=C)C1CCCCC1.C=CCCC.CCC=CCCCC. The van der Waals surface area contributed by atoms with Crippen LogP contribution in [-0.2, 0) is 0 Å². The third-order valence-electron chi connectivity index (χ3n) is 10.5. The molecule has 3 unspecified atom stereocenters. The Kier molecular flexibility index (Phi) is 33.0. The van der Waals surface area contributed by atoms with Crippen molar-refractivity contribution in [2.75, 3.05) is 0 Å². The highest BCUT2D eigenvalue weighted by Crippen LogP contribution is 2.39. The predicted molar refractivity (Wildman–Crippen MR) is 225 cm³/mol. The summed E-state index contributed by atoms with van der Waals surface area (Å²) in [5, 5.41) is 0. The summed E-state index contributed by atoms with van der Waals surface area (Å²) in [6.07, 6.45) is 39.6. The molecule has 0 amide bonds. The van der Waals surface area contributed by atoms with Crippen molar-refractivity contribution >= 4 is 0 Å². The second kappa shape index (κ2) is 32.6. The summed E-state index contributed by atoms with van der Waals surface area (Å²) in [6.45, 7) is 36.8. The van der Waals surface area contributed by atoms with Gasteiger partial charge in [0.1, 0.15) is 0 Å². The smallest absolute Gasteiger partial charge is 0.0170 e. The molecule has 0 saturated heterocycles. The molecule has 0 nitrogen and oxygen atoms in total. The van der Waals surface area contributed by atoms with Gasteiger partial charge >= 0.3 is 0 Å². The number of unbranched alkanes of at least 4 members (excludes halogenated alkanes) is 3. The lowest BCUT2D eigenvalue weighted by Crippen LogP contribution is -2.18. The van der Waals surface area contributed by atoms with Gasteiger partial charge in [-0.1, -0.05) is 160 Å². The first kappa shape index (κ1) is 48.6. The van der Waals surface area contributed by atoms with Gasteiger partial charge in [0.15, 0.2) is 0 Å². The second-order valence-corrected chi connectivity index (χ2v) is 15.9. The molecule has 0 radical (unpaired) electrons. The van der Waals surface area contributed by atoms with Crippen molar-refractivity contribution in [1.29, 1.82) is 0 Å². The van der Waals surface area contributed by atoms with E-state index in [0.717, 1.165) is 24.2 Å². The maximum Gasteiger partial charge on any atom is -0.0170 e. The largest absolute Gasteiger partial charge is 0.103 e. The van der Waals surface area contributed by atoms with Crippen molar-refractivity contribution in [3.8, 4) is 0 Å². The van der Waals surface area contributed by atoms with Gasteiger partial charge < -0.3 is 0 Å². The van der Waals surface area contributed by atoms with Gasteiger partial charge in [-0.05, 0) is 120 Å². The van der Waals surface area contributed by atoms with Gasteiger partial charge in [-0.2, -0.15) is 0 Å². The maximum absolute atomic E-state index is 4.34. The highest BCUT2D eigenvalue weighted by Gasteiger charge is 2.25. The molecule has 3 atom stereocenters. The van der Waals surface area contributed by atoms with Gasteiger partial charge in [-0.25, -0.2) is 0 Å². The minimum absolute atomic E-state index is 0.246. The third kappa shape index (κ3) is 27.3. The Hall–Kier alpha value is -1.56. The molecule has 0 N–H and O–H groups in total. The minimum Gasteiger partial charge on any atom is -0.103 e. The number of hydrogen-bond donors (Lipinski definition) is 0. The van der Waals surface area contributed by atoms with Crippen LogP contribution in [0.4, 0.5) is 0 Å². The van der Waals surface area contributed by atoms with Crippen LogP contribution in [-0.4, -0.2) is 0 Å². The van der Waals surface area contributed by atoms with E-state index in [0.29, 0.717) is 5.92 Å². The maximum atomic E-state index is 4.34. The van der Waals surface area contributed by atoms with Crippen molar-refractivity contribution in [3.63, 3.8) is 0 Å². The number of rotatable bonds is 25. The van der Waals surface area contributed by atoms with E-state index >= 15 is 0 Å². The Morgan fingerprint density at radius 3 is 1.81 bits per heavy atom. The molecule has 1 aliphatic rings. The Balaban J connectivity index is 0. The zero-order valence-electron chi connectivity index (χ0n) is 34.6. The molecule has 1 aliphatic carbocycles. The van der Waals surface area contributed by atoms with E-state index in [9.17, 15) is 0 Å².